The van der Waals surface area contributed by atoms with Crippen LogP contribution in [0.15, 0.2) is 35.6 Å². The summed E-state index contributed by atoms with van der Waals surface area (Å²) < 4.78 is 3.12. The van der Waals surface area contributed by atoms with Gasteiger partial charge in [0.2, 0.25) is 5.13 Å². The van der Waals surface area contributed by atoms with Crippen molar-refractivity contribution in [2.45, 2.75) is 19.3 Å². The van der Waals surface area contributed by atoms with E-state index in [1.54, 1.807) is 11.3 Å². The summed E-state index contributed by atoms with van der Waals surface area (Å²) in [5, 5.41) is 9.73. The molecule has 21 heavy (non-hydrogen) atoms. The Morgan fingerprint density at radius 1 is 1.29 bits per heavy atom. The van der Waals surface area contributed by atoms with Crippen LogP contribution in [-0.2, 0) is 13.5 Å². The van der Waals surface area contributed by atoms with Crippen LogP contribution in [0.25, 0.3) is 10.2 Å². The molecule has 106 valence electrons. The van der Waals surface area contributed by atoms with Gasteiger partial charge in [-0.2, -0.15) is 10.2 Å². The van der Waals surface area contributed by atoms with Crippen molar-refractivity contribution in [3.63, 3.8) is 0 Å². The molecule has 6 heteroatoms. The fourth-order valence-corrected chi connectivity index (χ4v) is 3.52. The first-order chi connectivity index (χ1) is 10.3. The van der Waals surface area contributed by atoms with Crippen LogP contribution < -0.4 is 5.43 Å². The van der Waals surface area contributed by atoms with Gasteiger partial charge in [-0.15, -0.1) is 0 Å². The van der Waals surface area contributed by atoms with E-state index in [4.69, 9.17) is 0 Å². The molecule has 1 aliphatic rings. The Kier molecular flexibility index (Phi) is 2.96. The van der Waals surface area contributed by atoms with Gasteiger partial charge in [-0.25, -0.2) is 4.98 Å². The lowest BCUT2D eigenvalue weighted by molar-refractivity contribution is 0.682. The number of hydrogen-bond donors (Lipinski definition) is 1. The van der Waals surface area contributed by atoms with Crippen molar-refractivity contribution in [1.29, 1.82) is 0 Å². The van der Waals surface area contributed by atoms with Gasteiger partial charge in [0, 0.05) is 18.3 Å². The van der Waals surface area contributed by atoms with Crippen LogP contribution in [0, 0.1) is 0 Å². The monoisotopic (exact) mass is 297 g/mol. The number of aromatic nitrogens is 3. The van der Waals surface area contributed by atoms with Gasteiger partial charge in [0.15, 0.2) is 0 Å². The minimum atomic E-state index is 0.833. The molecule has 0 saturated heterocycles. The number of aryl methyl sites for hydroxylation is 1. The van der Waals surface area contributed by atoms with Crippen LogP contribution >= 0.6 is 11.3 Å². The molecule has 5 nitrogen and oxygen atoms in total. The van der Waals surface area contributed by atoms with Crippen LogP contribution in [0.5, 0.6) is 0 Å². The fraction of sp³-hybridized carbons (Fsp3) is 0.267. The summed E-state index contributed by atoms with van der Waals surface area (Å²) in [7, 11) is 1.99. The highest BCUT2D eigenvalue weighted by molar-refractivity contribution is 7.22. The number of thiazole rings is 1. The minimum Gasteiger partial charge on any atom is -0.272 e. The number of anilines is 1. The predicted octanol–water partition coefficient (Wildman–Crippen LogP) is 3.18. The first kappa shape index (κ1) is 12.5. The molecular weight excluding hydrogens is 282 g/mol. The van der Waals surface area contributed by atoms with E-state index < -0.39 is 0 Å². The Labute approximate surface area is 126 Å². The van der Waals surface area contributed by atoms with Crippen molar-refractivity contribution in [3.8, 4) is 0 Å². The minimum absolute atomic E-state index is 0.833. The number of para-hydroxylation sites is 1. The Morgan fingerprint density at radius 3 is 3.10 bits per heavy atom. The smallest absolute Gasteiger partial charge is 0.204 e. The van der Waals surface area contributed by atoms with E-state index in [2.05, 4.69) is 26.7 Å². The van der Waals surface area contributed by atoms with E-state index in [0.29, 0.717) is 0 Å². The van der Waals surface area contributed by atoms with Gasteiger partial charge in [-0.1, -0.05) is 23.5 Å². The third-order valence-corrected chi connectivity index (χ3v) is 4.72. The molecule has 0 radical (unpaired) electrons. The summed E-state index contributed by atoms with van der Waals surface area (Å²) in [4.78, 5) is 4.54. The number of benzene rings is 1. The van der Waals surface area contributed by atoms with Gasteiger partial charge in [0.1, 0.15) is 0 Å². The second kappa shape index (κ2) is 4.96. The van der Waals surface area contributed by atoms with Crippen molar-refractivity contribution in [3.05, 3.63) is 41.7 Å². The van der Waals surface area contributed by atoms with Crippen LogP contribution in [0.2, 0.25) is 0 Å². The Morgan fingerprint density at radius 2 is 2.19 bits per heavy atom. The molecule has 4 rings (SSSR count). The molecular formula is C15H15N5S. The highest BCUT2D eigenvalue weighted by Gasteiger charge is 2.19. The maximum atomic E-state index is 4.56. The lowest BCUT2D eigenvalue weighted by Crippen LogP contribution is -2.14. The van der Waals surface area contributed by atoms with Crippen molar-refractivity contribution in [2.24, 2.45) is 12.1 Å². The summed E-state index contributed by atoms with van der Waals surface area (Å²) in [5.41, 5.74) is 7.63. The lowest BCUT2D eigenvalue weighted by atomic mass is 9.96. The third-order valence-electron chi connectivity index (χ3n) is 3.78. The van der Waals surface area contributed by atoms with Crippen LogP contribution in [0.4, 0.5) is 5.13 Å². The molecule has 0 fully saturated rings. The van der Waals surface area contributed by atoms with E-state index >= 15 is 0 Å². The summed E-state index contributed by atoms with van der Waals surface area (Å²) in [6.07, 6.45) is 5.09. The van der Waals surface area contributed by atoms with Crippen molar-refractivity contribution in [2.75, 3.05) is 5.43 Å². The molecule has 1 aromatic carbocycles. The number of rotatable bonds is 2. The Hall–Kier alpha value is -2.21. The summed E-state index contributed by atoms with van der Waals surface area (Å²) >= 11 is 1.62. The van der Waals surface area contributed by atoms with Gasteiger partial charge in [-0.3, -0.25) is 10.1 Å². The average molecular weight is 297 g/mol. The second-order valence-corrected chi connectivity index (χ2v) is 6.17. The average Bonchev–Trinajstić information content (AvgIpc) is 3.09. The van der Waals surface area contributed by atoms with Gasteiger partial charge in [0.25, 0.3) is 0 Å². The summed E-state index contributed by atoms with van der Waals surface area (Å²) in [5.74, 6) is 0. The number of fused-ring (bicyclic) bond motifs is 2. The molecule has 3 aromatic rings. The molecule has 0 amide bonds. The molecule has 0 spiro atoms. The first-order valence-corrected chi connectivity index (χ1v) is 7.82. The van der Waals surface area contributed by atoms with Gasteiger partial charge in [-0.05, 0) is 31.4 Å². The number of nitrogens with zero attached hydrogens (tertiary/aromatic N) is 4. The summed E-state index contributed by atoms with van der Waals surface area (Å²) in [6.45, 7) is 0. The zero-order valence-electron chi connectivity index (χ0n) is 11.7. The maximum Gasteiger partial charge on any atom is 0.204 e. The molecule has 0 unspecified atom stereocenters. The van der Waals surface area contributed by atoms with Crippen LogP contribution in [-0.4, -0.2) is 20.5 Å². The summed E-state index contributed by atoms with van der Waals surface area (Å²) in [6, 6.07) is 8.12. The highest BCUT2D eigenvalue weighted by Crippen LogP contribution is 2.26. The van der Waals surface area contributed by atoms with E-state index in [1.807, 2.05) is 36.1 Å². The van der Waals surface area contributed by atoms with Gasteiger partial charge in [0.05, 0.1) is 22.1 Å². The highest BCUT2D eigenvalue weighted by atomic mass is 32.1. The number of hydrogen-bond acceptors (Lipinski definition) is 5. The molecule has 1 N–H and O–H groups in total. The standard InChI is InChI=1S/C15H15N5S/c1-20-13-7-4-6-11(10(13)9-16-20)18-19-15-17-12-5-2-3-8-14(12)21-15/h2-3,5,8-9H,4,6-7H2,1H3,(H,17,19). The Bertz CT molecular complexity index is 797. The molecule has 0 bridgehead atoms. The van der Waals surface area contributed by atoms with E-state index in [1.165, 1.54) is 10.4 Å². The fourth-order valence-electron chi connectivity index (χ4n) is 2.71. The number of hydrazone groups is 1. The van der Waals surface area contributed by atoms with E-state index in [0.717, 1.165) is 41.2 Å². The molecule has 2 aromatic heterocycles. The van der Waals surface area contributed by atoms with Crippen molar-refractivity contribution < 1.29 is 0 Å². The maximum absolute atomic E-state index is 4.56. The van der Waals surface area contributed by atoms with Crippen molar-refractivity contribution in [1.82, 2.24) is 14.8 Å². The molecule has 0 atom stereocenters. The topological polar surface area (TPSA) is 55.1 Å². The van der Waals surface area contributed by atoms with Crippen LogP contribution in [0.1, 0.15) is 24.1 Å². The lowest BCUT2D eigenvalue weighted by Gasteiger charge is -2.14. The van der Waals surface area contributed by atoms with Crippen molar-refractivity contribution >= 4 is 32.4 Å². The largest absolute Gasteiger partial charge is 0.272 e. The second-order valence-electron chi connectivity index (χ2n) is 5.14. The normalized spacial score (nSPS) is 16.3. The molecule has 1 aliphatic carbocycles. The predicted molar refractivity (Wildman–Crippen MR) is 85.9 cm³/mol. The number of nitrogens with one attached hydrogen (secondary N) is 1. The quantitative estimate of drug-likeness (QED) is 0.739. The SMILES string of the molecule is Cn1ncc2c1CCCC2=NNc1nc2ccccc2s1. The first-order valence-electron chi connectivity index (χ1n) is 7.00. The Balaban J connectivity index is 1.63. The third kappa shape index (κ3) is 2.21. The zero-order chi connectivity index (χ0) is 14.2. The van der Waals surface area contributed by atoms with Gasteiger partial charge < -0.3 is 0 Å². The molecule has 0 saturated carbocycles. The van der Waals surface area contributed by atoms with Crippen LogP contribution in [0.3, 0.4) is 0 Å². The molecule has 0 aliphatic heterocycles. The van der Waals surface area contributed by atoms with E-state index in [-0.39, 0.29) is 0 Å². The molecule has 2 heterocycles. The van der Waals surface area contributed by atoms with Gasteiger partial charge >= 0.3 is 0 Å². The zero-order valence-corrected chi connectivity index (χ0v) is 12.5. The van der Waals surface area contributed by atoms with E-state index in [9.17, 15) is 0 Å².